The monoisotopic (exact) mass is 187 g/mol. The molecule has 1 rings (SSSR count). The van der Waals surface area contributed by atoms with Crippen molar-refractivity contribution in [2.45, 2.75) is 0 Å². The smallest absolute Gasteiger partial charge is 0.0910 e. The first-order chi connectivity index (χ1) is 5.88. The third-order valence-electron chi connectivity index (χ3n) is 1.56. The molecule has 0 aliphatic carbocycles. The number of hydrogen-bond acceptors (Lipinski definition) is 4. The molecule has 0 atom stereocenters. The van der Waals surface area contributed by atoms with Crippen LogP contribution in [0.2, 0.25) is 0 Å². The quantitative estimate of drug-likeness (QED) is 0.707. The second kappa shape index (κ2) is 5.13. The molecule has 0 spiro atoms. The van der Waals surface area contributed by atoms with Crippen LogP contribution in [-0.4, -0.2) is 36.5 Å². The Morgan fingerprint density at radius 2 is 1.92 bits per heavy atom. The van der Waals surface area contributed by atoms with Gasteiger partial charge in [-0.15, -0.1) is 11.3 Å². The van der Waals surface area contributed by atoms with E-state index in [-0.39, 0.29) is 13.2 Å². The molecule has 0 radical (unpaired) electrons. The van der Waals surface area contributed by atoms with Gasteiger partial charge in [-0.2, -0.15) is 0 Å². The van der Waals surface area contributed by atoms with Gasteiger partial charge in [0.15, 0.2) is 0 Å². The zero-order valence-electron chi connectivity index (χ0n) is 6.81. The molecule has 0 bridgehead atoms. The lowest BCUT2D eigenvalue weighted by Gasteiger charge is -2.20. The van der Waals surface area contributed by atoms with Crippen LogP contribution in [0.1, 0.15) is 0 Å². The molecule has 0 amide bonds. The number of nitrogens with zero attached hydrogens (tertiary/aromatic N) is 1. The molecule has 12 heavy (non-hydrogen) atoms. The second-order valence-corrected chi connectivity index (χ2v) is 3.31. The predicted octanol–water partition coefficient (Wildman–Crippen LogP) is 0.539. The number of rotatable bonds is 5. The van der Waals surface area contributed by atoms with Gasteiger partial charge >= 0.3 is 0 Å². The van der Waals surface area contributed by atoms with Gasteiger partial charge in [0.1, 0.15) is 0 Å². The van der Waals surface area contributed by atoms with Crippen LogP contribution in [0.25, 0.3) is 0 Å². The van der Waals surface area contributed by atoms with Gasteiger partial charge in [0.25, 0.3) is 0 Å². The summed E-state index contributed by atoms with van der Waals surface area (Å²) >= 11 is 1.61. The zero-order chi connectivity index (χ0) is 8.81. The number of anilines is 1. The Hall–Kier alpha value is -0.580. The molecule has 0 saturated carbocycles. The highest BCUT2D eigenvalue weighted by Crippen LogP contribution is 2.20. The minimum atomic E-state index is 0.123. The van der Waals surface area contributed by atoms with Crippen LogP contribution < -0.4 is 4.90 Å². The van der Waals surface area contributed by atoms with Crippen molar-refractivity contribution in [1.29, 1.82) is 0 Å². The molecule has 4 heteroatoms. The Morgan fingerprint density at radius 1 is 1.25 bits per heavy atom. The average molecular weight is 187 g/mol. The fraction of sp³-hybridized carbons (Fsp3) is 0.500. The fourth-order valence-corrected chi connectivity index (χ4v) is 1.81. The summed E-state index contributed by atoms with van der Waals surface area (Å²) in [7, 11) is 0. The standard InChI is InChI=1S/C8H13NO2S/c10-5-3-9(4-6-11)8-2-1-7-12-8/h1-2,7,10-11H,3-6H2. The minimum absolute atomic E-state index is 0.123. The maximum Gasteiger partial charge on any atom is 0.0910 e. The van der Waals surface area contributed by atoms with Gasteiger partial charge in [-0.1, -0.05) is 0 Å². The summed E-state index contributed by atoms with van der Waals surface area (Å²) in [5, 5.41) is 20.6. The molecule has 2 N–H and O–H groups in total. The third-order valence-corrected chi connectivity index (χ3v) is 2.49. The summed E-state index contributed by atoms with van der Waals surface area (Å²) in [4.78, 5) is 1.96. The molecule has 1 aromatic heterocycles. The first kappa shape index (κ1) is 9.51. The molecule has 3 nitrogen and oxygen atoms in total. The van der Waals surface area contributed by atoms with Crippen LogP contribution in [0.15, 0.2) is 17.5 Å². The van der Waals surface area contributed by atoms with Crippen molar-refractivity contribution >= 4 is 16.3 Å². The van der Waals surface area contributed by atoms with Crippen molar-refractivity contribution in [2.75, 3.05) is 31.2 Å². The topological polar surface area (TPSA) is 43.7 Å². The van der Waals surface area contributed by atoms with Crippen LogP contribution >= 0.6 is 11.3 Å². The Bertz CT molecular complexity index is 195. The van der Waals surface area contributed by atoms with Crippen molar-refractivity contribution in [1.82, 2.24) is 0 Å². The lowest BCUT2D eigenvalue weighted by atomic mass is 10.5. The van der Waals surface area contributed by atoms with E-state index in [1.54, 1.807) is 11.3 Å². The van der Waals surface area contributed by atoms with Gasteiger partial charge in [0.05, 0.1) is 18.2 Å². The van der Waals surface area contributed by atoms with Crippen LogP contribution in [0.4, 0.5) is 5.00 Å². The molecule has 0 saturated heterocycles. The summed E-state index contributed by atoms with van der Waals surface area (Å²) in [5.74, 6) is 0. The van der Waals surface area contributed by atoms with Crippen molar-refractivity contribution in [3.63, 3.8) is 0 Å². The summed E-state index contributed by atoms with van der Waals surface area (Å²) in [6.45, 7) is 1.41. The molecule has 0 aliphatic heterocycles. The molecular weight excluding hydrogens is 174 g/mol. The largest absolute Gasteiger partial charge is 0.395 e. The van der Waals surface area contributed by atoms with E-state index in [9.17, 15) is 0 Å². The summed E-state index contributed by atoms with van der Waals surface area (Å²) < 4.78 is 0. The molecule has 1 heterocycles. The summed E-state index contributed by atoms with van der Waals surface area (Å²) in [6.07, 6.45) is 0. The highest BCUT2D eigenvalue weighted by atomic mass is 32.1. The third kappa shape index (κ3) is 2.48. The van der Waals surface area contributed by atoms with Gasteiger partial charge < -0.3 is 15.1 Å². The van der Waals surface area contributed by atoms with Gasteiger partial charge in [-0.05, 0) is 17.5 Å². The highest BCUT2D eigenvalue weighted by molar-refractivity contribution is 7.14. The van der Waals surface area contributed by atoms with Crippen LogP contribution in [0.5, 0.6) is 0 Å². The maximum atomic E-state index is 8.74. The van der Waals surface area contributed by atoms with E-state index in [0.29, 0.717) is 13.1 Å². The first-order valence-electron chi connectivity index (χ1n) is 3.88. The normalized spacial score (nSPS) is 10.2. The second-order valence-electron chi connectivity index (χ2n) is 2.39. The molecule has 0 fully saturated rings. The van der Waals surface area contributed by atoms with E-state index < -0.39 is 0 Å². The summed E-state index contributed by atoms with van der Waals surface area (Å²) in [5.41, 5.74) is 0. The maximum absolute atomic E-state index is 8.74. The highest BCUT2D eigenvalue weighted by Gasteiger charge is 2.04. The number of aliphatic hydroxyl groups excluding tert-OH is 2. The van der Waals surface area contributed by atoms with E-state index in [1.807, 2.05) is 22.4 Å². The van der Waals surface area contributed by atoms with Gasteiger partial charge in [-0.25, -0.2) is 0 Å². The number of aliphatic hydroxyl groups is 2. The minimum Gasteiger partial charge on any atom is -0.395 e. The van der Waals surface area contributed by atoms with E-state index in [2.05, 4.69) is 0 Å². The summed E-state index contributed by atoms with van der Waals surface area (Å²) in [6, 6.07) is 3.94. The van der Waals surface area contributed by atoms with Gasteiger partial charge in [0, 0.05) is 13.1 Å². The predicted molar refractivity (Wildman–Crippen MR) is 50.7 cm³/mol. The van der Waals surface area contributed by atoms with E-state index in [4.69, 9.17) is 10.2 Å². The van der Waals surface area contributed by atoms with Crippen LogP contribution in [0, 0.1) is 0 Å². The van der Waals surface area contributed by atoms with Crippen molar-refractivity contribution in [3.8, 4) is 0 Å². The Labute approximate surface area is 75.9 Å². The lowest BCUT2D eigenvalue weighted by molar-refractivity contribution is 0.281. The van der Waals surface area contributed by atoms with Crippen molar-refractivity contribution in [3.05, 3.63) is 17.5 Å². The van der Waals surface area contributed by atoms with Gasteiger partial charge in [-0.3, -0.25) is 0 Å². The molecule has 68 valence electrons. The lowest BCUT2D eigenvalue weighted by Crippen LogP contribution is -2.28. The Balaban J connectivity index is 2.53. The Morgan fingerprint density at radius 3 is 2.33 bits per heavy atom. The van der Waals surface area contributed by atoms with Crippen molar-refractivity contribution < 1.29 is 10.2 Å². The number of hydrogen-bond donors (Lipinski definition) is 2. The fourth-order valence-electron chi connectivity index (χ4n) is 1.02. The Kier molecular flexibility index (Phi) is 4.07. The molecule has 0 unspecified atom stereocenters. The van der Waals surface area contributed by atoms with E-state index >= 15 is 0 Å². The average Bonchev–Trinajstić information content (AvgIpc) is 2.56. The SMILES string of the molecule is OCCN(CCO)c1cccs1. The van der Waals surface area contributed by atoms with Crippen LogP contribution in [-0.2, 0) is 0 Å². The van der Waals surface area contributed by atoms with Crippen LogP contribution in [0.3, 0.4) is 0 Å². The first-order valence-corrected chi connectivity index (χ1v) is 4.76. The molecule has 0 aromatic carbocycles. The van der Waals surface area contributed by atoms with E-state index in [0.717, 1.165) is 5.00 Å². The van der Waals surface area contributed by atoms with Crippen molar-refractivity contribution in [2.24, 2.45) is 0 Å². The zero-order valence-corrected chi connectivity index (χ0v) is 7.63. The molecule has 0 aliphatic rings. The van der Waals surface area contributed by atoms with Gasteiger partial charge in [0.2, 0.25) is 0 Å². The molecular formula is C8H13NO2S. The van der Waals surface area contributed by atoms with E-state index in [1.165, 1.54) is 0 Å². The molecule has 1 aromatic rings. The number of thiophene rings is 1.